The van der Waals surface area contributed by atoms with Crippen molar-refractivity contribution in [3.05, 3.63) is 42.1 Å². The maximum absolute atomic E-state index is 5.87. The summed E-state index contributed by atoms with van der Waals surface area (Å²) in [6, 6.07) is 13.3. The molecule has 3 heteroatoms. The highest BCUT2D eigenvalue weighted by Gasteiger charge is 2.28. The van der Waals surface area contributed by atoms with Gasteiger partial charge in [0.15, 0.2) is 0 Å². The maximum atomic E-state index is 5.87. The van der Waals surface area contributed by atoms with Gasteiger partial charge < -0.3 is 0 Å². The first-order valence-corrected chi connectivity index (χ1v) is 7.05. The molecular weight excluding hydrogens is 244 g/mol. The summed E-state index contributed by atoms with van der Waals surface area (Å²) in [5.41, 5.74) is 2.22. The zero-order valence-corrected chi connectivity index (χ0v) is 11.1. The second-order valence-corrected chi connectivity index (χ2v) is 5.26. The number of pyridine rings is 1. The van der Waals surface area contributed by atoms with Gasteiger partial charge in [0.25, 0.3) is 0 Å². The van der Waals surface area contributed by atoms with Gasteiger partial charge in [0, 0.05) is 30.4 Å². The molecule has 1 aliphatic carbocycles. The summed E-state index contributed by atoms with van der Waals surface area (Å²) in [5.74, 6) is 0.698. The molecule has 0 atom stereocenters. The molecule has 0 radical (unpaired) electrons. The number of aromatic nitrogens is 1. The van der Waals surface area contributed by atoms with Gasteiger partial charge in [-0.1, -0.05) is 24.3 Å². The number of fused-ring (bicyclic) bond motifs is 1. The molecule has 2 nitrogen and oxygen atoms in total. The first kappa shape index (κ1) is 11.9. The summed E-state index contributed by atoms with van der Waals surface area (Å²) in [5, 5.41) is 1.21. The molecule has 0 aliphatic heterocycles. The van der Waals surface area contributed by atoms with E-state index in [9.17, 15) is 0 Å². The number of nitrogens with zero attached hydrogens (tertiary/aromatic N) is 2. The van der Waals surface area contributed by atoms with E-state index in [-0.39, 0.29) is 0 Å². The molecule has 0 spiro atoms. The minimum absolute atomic E-state index is 0.698. The van der Waals surface area contributed by atoms with Crippen molar-refractivity contribution in [2.24, 2.45) is 0 Å². The van der Waals surface area contributed by atoms with Crippen LogP contribution in [0.25, 0.3) is 10.9 Å². The fourth-order valence-electron chi connectivity index (χ4n) is 2.34. The Morgan fingerprint density at radius 3 is 2.78 bits per heavy atom. The quantitative estimate of drug-likeness (QED) is 0.766. The lowest BCUT2D eigenvalue weighted by Gasteiger charge is -2.20. The van der Waals surface area contributed by atoms with Crippen molar-refractivity contribution in [2.45, 2.75) is 25.4 Å². The molecule has 0 bridgehead atoms. The maximum Gasteiger partial charge on any atom is 0.0705 e. The Morgan fingerprint density at radius 2 is 2.00 bits per heavy atom. The molecule has 1 aromatic heterocycles. The molecule has 2 aromatic rings. The number of alkyl halides is 1. The molecule has 1 fully saturated rings. The zero-order chi connectivity index (χ0) is 12.4. The summed E-state index contributed by atoms with van der Waals surface area (Å²) in [6.07, 6.45) is 2.62. The van der Waals surface area contributed by atoms with E-state index in [0.717, 1.165) is 30.3 Å². The summed E-state index contributed by atoms with van der Waals surface area (Å²) in [4.78, 5) is 7.17. The van der Waals surface area contributed by atoms with Crippen LogP contribution in [0.4, 0.5) is 0 Å². The molecule has 1 aliphatic rings. The Kier molecular flexibility index (Phi) is 3.48. The first-order valence-electron chi connectivity index (χ1n) is 6.51. The first-order chi connectivity index (χ1) is 8.86. The normalized spacial score (nSPS) is 15.4. The molecule has 0 amide bonds. The van der Waals surface area contributed by atoms with Crippen LogP contribution in [0.2, 0.25) is 0 Å². The lowest BCUT2D eigenvalue weighted by Crippen LogP contribution is -2.27. The standard InChI is InChI=1S/C15H17ClN2/c16-9-10-18(14-7-8-14)11-13-6-5-12-3-1-2-4-15(12)17-13/h1-6,14H,7-11H2. The van der Waals surface area contributed by atoms with Gasteiger partial charge >= 0.3 is 0 Å². The fourth-order valence-corrected chi connectivity index (χ4v) is 2.56. The van der Waals surface area contributed by atoms with E-state index in [1.165, 1.54) is 18.2 Å². The highest BCUT2D eigenvalue weighted by Crippen LogP contribution is 2.28. The predicted molar refractivity (Wildman–Crippen MR) is 75.9 cm³/mol. The van der Waals surface area contributed by atoms with Crippen LogP contribution in [0.3, 0.4) is 0 Å². The van der Waals surface area contributed by atoms with Gasteiger partial charge in [-0.3, -0.25) is 9.88 Å². The van der Waals surface area contributed by atoms with E-state index >= 15 is 0 Å². The highest BCUT2D eigenvalue weighted by molar-refractivity contribution is 6.18. The number of para-hydroxylation sites is 1. The molecule has 0 unspecified atom stereocenters. The smallest absolute Gasteiger partial charge is 0.0705 e. The van der Waals surface area contributed by atoms with Crippen molar-refractivity contribution in [2.75, 3.05) is 12.4 Å². The average molecular weight is 261 g/mol. The van der Waals surface area contributed by atoms with E-state index in [0.29, 0.717) is 5.88 Å². The van der Waals surface area contributed by atoms with Crippen molar-refractivity contribution < 1.29 is 0 Å². The third-order valence-electron chi connectivity index (χ3n) is 3.46. The van der Waals surface area contributed by atoms with Crippen LogP contribution >= 0.6 is 11.6 Å². The average Bonchev–Trinajstić information content (AvgIpc) is 3.22. The molecule has 0 saturated heterocycles. The number of halogens is 1. The molecular formula is C15H17ClN2. The van der Waals surface area contributed by atoms with Crippen LogP contribution in [0.1, 0.15) is 18.5 Å². The van der Waals surface area contributed by atoms with Crippen molar-refractivity contribution in [3.63, 3.8) is 0 Å². The second kappa shape index (κ2) is 5.25. The van der Waals surface area contributed by atoms with E-state index in [1.807, 2.05) is 12.1 Å². The predicted octanol–water partition coefficient (Wildman–Crippen LogP) is 3.44. The largest absolute Gasteiger partial charge is 0.293 e. The number of hydrogen-bond donors (Lipinski definition) is 0. The van der Waals surface area contributed by atoms with Gasteiger partial charge in [-0.05, 0) is 25.0 Å². The molecule has 18 heavy (non-hydrogen) atoms. The van der Waals surface area contributed by atoms with Crippen LogP contribution in [0, 0.1) is 0 Å². The molecule has 94 valence electrons. The van der Waals surface area contributed by atoms with Crippen molar-refractivity contribution in [1.29, 1.82) is 0 Å². The number of hydrogen-bond acceptors (Lipinski definition) is 2. The number of benzene rings is 1. The Bertz CT molecular complexity index is 537. The SMILES string of the molecule is ClCCN(Cc1ccc2ccccc2n1)C1CC1. The molecule has 3 rings (SSSR count). The Hall–Kier alpha value is -1.12. The summed E-state index contributed by atoms with van der Waals surface area (Å²) in [7, 11) is 0. The van der Waals surface area contributed by atoms with Gasteiger partial charge in [-0.2, -0.15) is 0 Å². The van der Waals surface area contributed by atoms with E-state index < -0.39 is 0 Å². The molecule has 1 aromatic carbocycles. The summed E-state index contributed by atoms with van der Waals surface area (Å²) < 4.78 is 0. The summed E-state index contributed by atoms with van der Waals surface area (Å²) >= 11 is 5.87. The van der Waals surface area contributed by atoms with E-state index in [2.05, 4.69) is 29.2 Å². The van der Waals surface area contributed by atoms with Gasteiger partial charge in [0.1, 0.15) is 0 Å². The lowest BCUT2D eigenvalue weighted by atomic mass is 10.2. The minimum atomic E-state index is 0.698. The van der Waals surface area contributed by atoms with Gasteiger partial charge in [0.05, 0.1) is 11.2 Å². The minimum Gasteiger partial charge on any atom is -0.293 e. The van der Waals surface area contributed by atoms with Crippen molar-refractivity contribution in [3.8, 4) is 0 Å². The number of rotatable bonds is 5. The Morgan fingerprint density at radius 1 is 1.17 bits per heavy atom. The van der Waals surface area contributed by atoms with Crippen LogP contribution in [-0.4, -0.2) is 28.4 Å². The molecule has 1 heterocycles. The van der Waals surface area contributed by atoms with Gasteiger partial charge in [0.2, 0.25) is 0 Å². The third kappa shape index (κ3) is 2.65. The fraction of sp³-hybridized carbons (Fsp3) is 0.400. The van der Waals surface area contributed by atoms with Gasteiger partial charge in [-0.15, -0.1) is 11.6 Å². The Labute approximate surface area is 113 Å². The molecule has 0 N–H and O–H groups in total. The van der Waals surface area contributed by atoms with Crippen molar-refractivity contribution in [1.82, 2.24) is 9.88 Å². The Balaban J connectivity index is 1.80. The van der Waals surface area contributed by atoms with E-state index in [1.54, 1.807) is 0 Å². The third-order valence-corrected chi connectivity index (χ3v) is 3.63. The van der Waals surface area contributed by atoms with Crippen LogP contribution < -0.4 is 0 Å². The second-order valence-electron chi connectivity index (χ2n) is 4.89. The van der Waals surface area contributed by atoms with Crippen LogP contribution in [-0.2, 0) is 6.54 Å². The topological polar surface area (TPSA) is 16.1 Å². The summed E-state index contributed by atoms with van der Waals surface area (Å²) in [6.45, 7) is 1.88. The van der Waals surface area contributed by atoms with Gasteiger partial charge in [-0.25, -0.2) is 0 Å². The monoisotopic (exact) mass is 260 g/mol. The van der Waals surface area contributed by atoms with E-state index in [4.69, 9.17) is 16.6 Å². The van der Waals surface area contributed by atoms with Crippen LogP contribution in [0.5, 0.6) is 0 Å². The highest BCUT2D eigenvalue weighted by atomic mass is 35.5. The molecule has 1 saturated carbocycles. The van der Waals surface area contributed by atoms with Crippen molar-refractivity contribution >= 4 is 22.5 Å². The lowest BCUT2D eigenvalue weighted by molar-refractivity contribution is 0.268. The zero-order valence-electron chi connectivity index (χ0n) is 10.3. The van der Waals surface area contributed by atoms with Crippen LogP contribution in [0.15, 0.2) is 36.4 Å².